The number of hydrogen-bond acceptors (Lipinski definition) is 7. The summed E-state index contributed by atoms with van der Waals surface area (Å²) in [4.78, 5) is 2.13. The van der Waals surface area contributed by atoms with Gasteiger partial charge in [0.15, 0.2) is 11.6 Å². The Morgan fingerprint density at radius 1 is 1.09 bits per heavy atom. The molecule has 32 heavy (non-hydrogen) atoms. The van der Waals surface area contributed by atoms with Crippen LogP contribution in [0.4, 0.5) is 11.4 Å². The second kappa shape index (κ2) is 7.94. The zero-order valence-electron chi connectivity index (χ0n) is 18.1. The van der Waals surface area contributed by atoms with Gasteiger partial charge in [0.25, 0.3) is 0 Å². The number of nitrogens with one attached hydrogen (secondary N) is 1. The van der Waals surface area contributed by atoms with Gasteiger partial charge in [-0.25, -0.2) is 0 Å². The summed E-state index contributed by atoms with van der Waals surface area (Å²) in [6, 6.07) is 12.8. The Morgan fingerprint density at radius 2 is 2.00 bits per heavy atom. The quantitative estimate of drug-likeness (QED) is 0.530. The van der Waals surface area contributed by atoms with Gasteiger partial charge >= 0.3 is 0 Å². The summed E-state index contributed by atoms with van der Waals surface area (Å²) < 4.78 is 13.2. The smallest absolute Gasteiger partial charge is 0.222 e. The van der Waals surface area contributed by atoms with Crippen LogP contribution in [0.3, 0.4) is 0 Å². The number of anilines is 2. The van der Waals surface area contributed by atoms with Gasteiger partial charge in [-0.2, -0.15) is 9.61 Å². The lowest BCUT2D eigenvalue weighted by Crippen LogP contribution is -2.29. The minimum atomic E-state index is 0.628. The van der Waals surface area contributed by atoms with Crippen LogP contribution in [0.25, 0.3) is 27.8 Å². The molecule has 1 N–H and O–H groups in total. The minimum absolute atomic E-state index is 0.628. The first-order valence-electron chi connectivity index (χ1n) is 11.2. The maximum Gasteiger partial charge on any atom is 0.222 e. The van der Waals surface area contributed by atoms with Gasteiger partial charge in [0.1, 0.15) is 12.3 Å². The van der Waals surface area contributed by atoms with Crippen molar-refractivity contribution in [2.24, 2.45) is 5.92 Å². The molecule has 2 aromatic carbocycles. The average molecular weight is 431 g/mol. The zero-order chi connectivity index (χ0) is 21.5. The van der Waals surface area contributed by atoms with E-state index in [1.807, 2.05) is 13.2 Å². The lowest BCUT2D eigenvalue weighted by Gasteiger charge is -2.26. The molecule has 164 valence electrons. The van der Waals surface area contributed by atoms with E-state index in [4.69, 9.17) is 9.47 Å². The highest BCUT2D eigenvalue weighted by Crippen LogP contribution is 2.35. The van der Waals surface area contributed by atoms with Gasteiger partial charge in [-0.15, -0.1) is 10.2 Å². The van der Waals surface area contributed by atoms with E-state index in [1.54, 1.807) is 4.52 Å². The van der Waals surface area contributed by atoms with Gasteiger partial charge < -0.3 is 19.7 Å². The van der Waals surface area contributed by atoms with Crippen LogP contribution in [0, 0.1) is 5.92 Å². The van der Waals surface area contributed by atoms with Gasteiger partial charge in [-0.05, 0) is 36.3 Å². The number of aromatic nitrogens is 4. The van der Waals surface area contributed by atoms with Crippen LogP contribution in [0.2, 0.25) is 0 Å². The van der Waals surface area contributed by atoms with E-state index in [2.05, 4.69) is 61.9 Å². The van der Waals surface area contributed by atoms with E-state index in [1.165, 1.54) is 10.8 Å². The van der Waals surface area contributed by atoms with Crippen molar-refractivity contribution in [3.63, 3.8) is 0 Å². The number of fused-ring (bicyclic) bond motifs is 4. The molecule has 4 heterocycles. The number of benzene rings is 2. The Hall–Kier alpha value is -3.39. The topological polar surface area (TPSA) is 76.8 Å². The van der Waals surface area contributed by atoms with Crippen molar-refractivity contribution in [3.05, 3.63) is 42.6 Å². The molecule has 8 nitrogen and oxygen atoms in total. The molecule has 2 aliphatic heterocycles. The van der Waals surface area contributed by atoms with Crippen LogP contribution in [0.5, 0.6) is 5.75 Å². The van der Waals surface area contributed by atoms with Crippen molar-refractivity contribution in [3.8, 4) is 17.1 Å². The number of hydrogen-bond donors (Lipinski definition) is 1. The molecule has 0 saturated carbocycles. The van der Waals surface area contributed by atoms with Gasteiger partial charge in [0.2, 0.25) is 5.65 Å². The number of rotatable bonds is 4. The fourth-order valence-electron chi connectivity index (χ4n) is 4.58. The van der Waals surface area contributed by atoms with Crippen molar-refractivity contribution < 1.29 is 9.47 Å². The van der Waals surface area contributed by atoms with Crippen LogP contribution >= 0.6 is 0 Å². The molecule has 0 amide bonds. The van der Waals surface area contributed by atoms with E-state index in [-0.39, 0.29) is 0 Å². The summed E-state index contributed by atoms with van der Waals surface area (Å²) in [7, 11) is 2.04. The maximum absolute atomic E-state index is 5.91. The fraction of sp³-hybridized carbons (Fsp3) is 0.375. The van der Waals surface area contributed by atoms with Crippen molar-refractivity contribution in [2.45, 2.75) is 12.8 Å². The van der Waals surface area contributed by atoms with Crippen LogP contribution in [-0.4, -0.2) is 59.8 Å². The summed E-state index contributed by atoms with van der Waals surface area (Å²) >= 11 is 0. The molecule has 0 unspecified atom stereocenters. The molecule has 2 aromatic heterocycles. The molecule has 2 aliphatic rings. The van der Waals surface area contributed by atoms with E-state index < -0.39 is 0 Å². The largest absolute Gasteiger partial charge is 0.486 e. The number of nitrogens with zero attached hydrogens (tertiary/aromatic N) is 5. The van der Waals surface area contributed by atoms with Gasteiger partial charge in [-0.1, -0.05) is 24.3 Å². The predicted molar refractivity (Wildman–Crippen MR) is 125 cm³/mol. The first kappa shape index (κ1) is 19.3. The van der Waals surface area contributed by atoms with Crippen molar-refractivity contribution in [2.75, 3.05) is 50.2 Å². The Kier molecular flexibility index (Phi) is 4.79. The first-order chi connectivity index (χ1) is 15.8. The van der Waals surface area contributed by atoms with Crippen LogP contribution < -0.4 is 15.0 Å². The van der Waals surface area contributed by atoms with E-state index in [0.29, 0.717) is 24.0 Å². The third-order valence-corrected chi connectivity index (χ3v) is 6.52. The van der Waals surface area contributed by atoms with Crippen LogP contribution in [-0.2, 0) is 4.74 Å². The lowest BCUT2D eigenvalue weighted by molar-refractivity contribution is 0.0699. The molecule has 4 aromatic rings. The zero-order valence-corrected chi connectivity index (χ0v) is 18.1. The summed E-state index contributed by atoms with van der Waals surface area (Å²) in [5, 5.41) is 19.5. The second-order valence-corrected chi connectivity index (χ2v) is 8.57. The third kappa shape index (κ3) is 3.31. The molecule has 0 aliphatic carbocycles. The van der Waals surface area contributed by atoms with Crippen molar-refractivity contribution in [1.29, 1.82) is 0 Å². The van der Waals surface area contributed by atoms with Crippen LogP contribution in [0.15, 0.2) is 42.6 Å². The van der Waals surface area contributed by atoms with Crippen molar-refractivity contribution in [1.82, 2.24) is 19.8 Å². The highest BCUT2D eigenvalue weighted by Gasteiger charge is 2.23. The molecule has 0 bridgehead atoms. The molecule has 0 radical (unpaired) electrons. The highest BCUT2D eigenvalue weighted by atomic mass is 16.5. The molecular formula is C24H26N6O2. The molecule has 0 spiro atoms. The standard InChI is InChI=1S/C24H26N6O2/c1-29-9-12-32-22-21(29)15-26-30-23(27-28-24(22)30)18-6-5-17-3-2-4-20(19(17)13-18)25-14-16-7-10-31-11-8-16/h2-6,13,15-16,25H,7-12,14H2,1H3. The van der Waals surface area contributed by atoms with Crippen molar-refractivity contribution >= 4 is 27.8 Å². The summed E-state index contributed by atoms with van der Waals surface area (Å²) in [5.41, 5.74) is 3.71. The number of ether oxygens (including phenoxy) is 2. The van der Waals surface area contributed by atoms with Gasteiger partial charge in [-0.3, -0.25) is 0 Å². The average Bonchev–Trinajstić information content (AvgIpc) is 3.28. The SMILES string of the molecule is CN1CCOc2c1cnn1c(-c3ccc4cccc(NCC5CCOCC5)c4c3)nnc21. The summed E-state index contributed by atoms with van der Waals surface area (Å²) in [5.74, 6) is 2.10. The monoisotopic (exact) mass is 430 g/mol. The molecule has 1 fully saturated rings. The Morgan fingerprint density at radius 3 is 2.91 bits per heavy atom. The fourth-order valence-corrected chi connectivity index (χ4v) is 4.58. The van der Waals surface area contributed by atoms with E-state index in [9.17, 15) is 0 Å². The second-order valence-electron chi connectivity index (χ2n) is 8.57. The molecule has 1 saturated heterocycles. The molecule has 0 atom stereocenters. The Balaban J connectivity index is 1.37. The molecule has 6 rings (SSSR count). The normalized spacial score (nSPS) is 16.8. The van der Waals surface area contributed by atoms with Gasteiger partial charge in [0.05, 0.1) is 12.7 Å². The Labute approximate surface area is 186 Å². The Bertz CT molecular complexity index is 1280. The maximum atomic E-state index is 5.91. The van der Waals surface area contributed by atoms with E-state index in [0.717, 1.165) is 61.8 Å². The highest BCUT2D eigenvalue weighted by molar-refractivity contribution is 5.96. The minimum Gasteiger partial charge on any atom is -0.486 e. The number of likely N-dealkylation sites (N-methyl/N-ethyl adjacent to an activating group) is 1. The molecular weight excluding hydrogens is 404 g/mol. The van der Waals surface area contributed by atoms with Crippen LogP contribution in [0.1, 0.15) is 12.8 Å². The van der Waals surface area contributed by atoms with E-state index >= 15 is 0 Å². The third-order valence-electron chi connectivity index (χ3n) is 6.52. The predicted octanol–water partition coefficient (Wildman–Crippen LogP) is 3.61. The van der Waals surface area contributed by atoms with Gasteiger partial charge in [0, 0.05) is 43.4 Å². The summed E-state index contributed by atoms with van der Waals surface area (Å²) in [6.07, 6.45) is 4.06. The molecule has 8 heteroatoms. The first-order valence-corrected chi connectivity index (χ1v) is 11.2. The summed E-state index contributed by atoms with van der Waals surface area (Å²) in [6.45, 7) is 4.15. The lowest BCUT2D eigenvalue weighted by atomic mass is 9.99.